The van der Waals surface area contributed by atoms with Gasteiger partial charge in [-0.25, -0.2) is 13.4 Å². The van der Waals surface area contributed by atoms with E-state index in [4.69, 9.17) is 11.6 Å². The van der Waals surface area contributed by atoms with Gasteiger partial charge >= 0.3 is 0 Å². The molecule has 5 nitrogen and oxygen atoms in total. The average molecular weight is 264 g/mol. The van der Waals surface area contributed by atoms with Crippen molar-refractivity contribution in [3.8, 4) is 0 Å². The number of nitrogens with zero attached hydrogens (tertiary/aromatic N) is 3. The van der Waals surface area contributed by atoms with E-state index in [-0.39, 0.29) is 16.9 Å². The van der Waals surface area contributed by atoms with Gasteiger partial charge in [0, 0.05) is 19.3 Å². The third-order valence-electron chi connectivity index (χ3n) is 2.16. The Morgan fingerprint density at radius 1 is 1.50 bits per heavy atom. The first-order valence-corrected chi connectivity index (χ1v) is 7.11. The van der Waals surface area contributed by atoms with E-state index in [9.17, 15) is 8.42 Å². The Balaban J connectivity index is 2.82. The van der Waals surface area contributed by atoms with Crippen LogP contribution in [0.4, 0.5) is 5.82 Å². The molecule has 0 saturated heterocycles. The van der Waals surface area contributed by atoms with E-state index in [1.54, 1.807) is 18.1 Å². The van der Waals surface area contributed by atoms with Crippen LogP contribution in [0.2, 0.25) is 5.15 Å². The lowest BCUT2D eigenvalue weighted by atomic mass is 10.3. The Hall–Kier alpha value is -0.880. The van der Waals surface area contributed by atoms with Crippen LogP contribution in [0.3, 0.4) is 0 Å². The molecule has 0 N–H and O–H groups in total. The van der Waals surface area contributed by atoms with Crippen molar-refractivity contribution in [2.24, 2.45) is 0 Å². The van der Waals surface area contributed by atoms with E-state index in [1.807, 2.05) is 6.92 Å². The van der Waals surface area contributed by atoms with Crippen LogP contribution >= 0.6 is 11.6 Å². The molecule has 0 aliphatic heterocycles. The highest BCUT2D eigenvalue weighted by Crippen LogP contribution is 2.14. The van der Waals surface area contributed by atoms with Gasteiger partial charge in [-0.05, 0) is 6.92 Å². The number of aromatic nitrogens is 2. The quantitative estimate of drug-likeness (QED) is 0.811. The Bertz CT molecular complexity index is 464. The summed E-state index contributed by atoms with van der Waals surface area (Å²) in [5.41, 5.74) is 0. The highest BCUT2D eigenvalue weighted by Gasteiger charge is 2.16. The predicted molar refractivity (Wildman–Crippen MR) is 64.6 cm³/mol. The number of sulfone groups is 1. The molecule has 1 unspecified atom stereocenters. The van der Waals surface area contributed by atoms with Gasteiger partial charge in [0.15, 0.2) is 0 Å². The fourth-order valence-corrected chi connectivity index (χ4v) is 2.52. The zero-order valence-corrected chi connectivity index (χ0v) is 11.0. The Kier molecular flexibility index (Phi) is 4.09. The summed E-state index contributed by atoms with van der Waals surface area (Å²) in [6.07, 6.45) is 4.19. The lowest BCUT2D eigenvalue weighted by Gasteiger charge is -2.24. The Morgan fingerprint density at radius 3 is 2.62 bits per heavy atom. The fourth-order valence-electron chi connectivity index (χ4n) is 1.28. The second kappa shape index (κ2) is 4.97. The molecule has 90 valence electrons. The van der Waals surface area contributed by atoms with Gasteiger partial charge in [-0.3, -0.25) is 4.98 Å². The molecule has 0 aromatic carbocycles. The van der Waals surface area contributed by atoms with E-state index in [0.29, 0.717) is 5.82 Å². The topological polar surface area (TPSA) is 63.2 Å². The molecular formula is C9H14ClN3O2S. The van der Waals surface area contributed by atoms with Gasteiger partial charge in [0.05, 0.1) is 18.1 Å². The Labute approximate surface area is 100 Å². The van der Waals surface area contributed by atoms with Crippen molar-refractivity contribution >= 4 is 27.3 Å². The maximum Gasteiger partial charge on any atom is 0.149 e. The van der Waals surface area contributed by atoms with E-state index in [2.05, 4.69) is 9.97 Å². The second-order valence-electron chi connectivity index (χ2n) is 3.75. The summed E-state index contributed by atoms with van der Waals surface area (Å²) in [5, 5.41) is 0.288. The molecule has 1 atom stereocenters. The molecular weight excluding hydrogens is 250 g/mol. The van der Waals surface area contributed by atoms with Crippen molar-refractivity contribution in [2.75, 3.05) is 24.0 Å². The standard InChI is InChI=1S/C9H14ClN3O2S/c1-7(6-16(3,14)15)13(2)9-5-11-4-8(10)12-9/h4-5,7H,6H2,1-3H3. The normalized spacial score (nSPS) is 13.5. The van der Waals surface area contributed by atoms with Gasteiger partial charge in [-0.1, -0.05) is 11.6 Å². The molecule has 16 heavy (non-hydrogen) atoms. The van der Waals surface area contributed by atoms with Crippen molar-refractivity contribution in [1.29, 1.82) is 0 Å². The van der Waals surface area contributed by atoms with Gasteiger partial charge in [0.2, 0.25) is 0 Å². The lowest BCUT2D eigenvalue weighted by Crippen LogP contribution is -2.35. The minimum Gasteiger partial charge on any atom is -0.355 e. The summed E-state index contributed by atoms with van der Waals surface area (Å²) in [5.74, 6) is 0.626. The highest BCUT2D eigenvalue weighted by atomic mass is 35.5. The third-order valence-corrected chi connectivity index (χ3v) is 3.43. The van der Waals surface area contributed by atoms with E-state index in [1.165, 1.54) is 12.5 Å². The average Bonchev–Trinajstić information content (AvgIpc) is 2.14. The van der Waals surface area contributed by atoms with Gasteiger partial charge in [-0.15, -0.1) is 0 Å². The summed E-state index contributed by atoms with van der Waals surface area (Å²) in [6, 6.07) is -0.178. The zero-order chi connectivity index (χ0) is 12.3. The van der Waals surface area contributed by atoms with E-state index >= 15 is 0 Å². The number of rotatable bonds is 4. The first-order valence-electron chi connectivity index (χ1n) is 4.67. The molecule has 7 heteroatoms. The van der Waals surface area contributed by atoms with Crippen LogP contribution in [0.1, 0.15) is 6.92 Å². The number of hydrogen-bond acceptors (Lipinski definition) is 5. The molecule has 1 aromatic heterocycles. The molecule has 0 bridgehead atoms. The molecule has 0 amide bonds. The maximum absolute atomic E-state index is 11.2. The van der Waals surface area contributed by atoms with Crippen LogP contribution in [0.5, 0.6) is 0 Å². The molecule has 1 aromatic rings. The SMILES string of the molecule is CC(CS(C)(=O)=O)N(C)c1cncc(Cl)n1. The van der Waals surface area contributed by atoms with Gasteiger partial charge in [0.1, 0.15) is 20.8 Å². The first kappa shape index (κ1) is 13.2. The molecule has 0 saturated carbocycles. The monoisotopic (exact) mass is 263 g/mol. The number of anilines is 1. The van der Waals surface area contributed by atoms with Crippen molar-refractivity contribution in [1.82, 2.24) is 9.97 Å². The molecule has 1 heterocycles. The summed E-state index contributed by atoms with van der Waals surface area (Å²) in [6.45, 7) is 1.81. The van der Waals surface area contributed by atoms with Crippen LogP contribution < -0.4 is 4.90 Å². The fraction of sp³-hybridized carbons (Fsp3) is 0.556. The molecule has 1 rings (SSSR count). The lowest BCUT2D eigenvalue weighted by molar-refractivity contribution is 0.592. The zero-order valence-electron chi connectivity index (χ0n) is 9.38. The molecule has 0 spiro atoms. The van der Waals surface area contributed by atoms with Gasteiger partial charge in [-0.2, -0.15) is 0 Å². The molecule has 0 radical (unpaired) electrons. The summed E-state index contributed by atoms with van der Waals surface area (Å²) >= 11 is 5.71. The number of hydrogen-bond donors (Lipinski definition) is 0. The highest BCUT2D eigenvalue weighted by molar-refractivity contribution is 7.90. The maximum atomic E-state index is 11.2. The molecule has 0 aliphatic rings. The minimum atomic E-state index is -3.01. The van der Waals surface area contributed by atoms with Crippen LogP contribution in [-0.2, 0) is 9.84 Å². The molecule has 0 aliphatic carbocycles. The van der Waals surface area contributed by atoms with Crippen molar-refractivity contribution in [2.45, 2.75) is 13.0 Å². The van der Waals surface area contributed by atoms with Crippen LogP contribution in [0, 0.1) is 0 Å². The Morgan fingerprint density at radius 2 is 2.12 bits per heavy atom. The summed E-state index contributed by atoms with van der Waals surface area (Å²) < 4.78 is 22.3. The second-order valence-corrected chi connectivity index (χ2v) is 6.32. The van der Waals surface area contributed by atoms with Crippen LogP contribution in [0.15, 0.2) is 12.4 Å². The number of halogens is 1. The molecule has 0 fully saturated rings. The van der Waals surface area contributed by atoms with Crippen LogP contribution in [-0.4, -0.2) is 43.5 Å². The van der Waals surface area contributed by atoms with Gasteiger partial charge in [0.25, 0.3) is 0 Å². The van der Waals surface area contributed by atoms with E-state index < -0.39 is 9.84 Å². The minimum absolute atomic E-state index is 0.0672. The predicted octanol–water partition coefficient (Wildman–Crippen LogP) is 0.999. The largest absolute Gasteiger partial charge is 0.355 e. The third kappa shape index (κ3) is 3.94. The van der Waals surface area contributed by atoms with E-state index in [0.717, 1.165) is 0 Å². The first-order chi connectivity index (χ1) is 7.29. The van der Waals surface area contributed by atoms with Crippen molar-refractivity contribution in [3.05, 3.63) is 17.5 Å². The smallest absolute Gasteiger partial charge is 0.149 e. The summed E-state index contributed by atoms with van der Waals surface area (Å²) in [4.78, 5) is 9.69. The van der Waals surface area contributed by atoms with Crippen LogP contribution in [0.25, 0.3) is 0 Å². The van der Waals surface area contributed by atoms with Crippen molar-refractivity contribution in [3.63, 3.8) is 0 Å². The van der Waals surface area contributed by atoms with Gasteiger partial charge < -0.3 is 4.90 Å². The van der Waals surface area contributed by atoms with Crippen molar-refractivity contribution < 1.29 is 8.42 Å². The summed E-state index contributed by atoms with van der Waals surface area (Å²) in [7, 11) is -1.25.